The van der Waals surface area contributed by atoms with Crippen molar-refractivity contribution >= 4 is 28.4 Å². The van der Waals surface area contributed by atoms with Gasteiger partial charge in [-0.05, 0) is 23.8 Å². The Bertz CT molecular complexity index is 750. The van der Waals surface area contributed by atoms with E-state index in [0.29, 0.717) is 0 Å². The minimum Gasteiger partial charge on any atom is -0.361 e. The van der Waals surface area contributed by atoms with Crippen LogP contribution in [0.25, 0.3) is 10.9 Å². The lowest BCUT2D eigenvalue weighted by Gasteiger charge is -2.01. The van der Waals surface area contributed by atoms with E-state index in [1.165, 1.54) is 23.1 Å². The molecule has 1 aromatic heterocycles. The summed E-state index contributed by atoms with van der Waals surface area (Å²) in [5, 5.41) is 11.8. The molecule has 2 aromatic carbocycles. The number of aromatic nitrogens is 1. The molecule has 0 atom stereocenters. The van der Waals surface area contributed by atoms with Crippen LogP contribution >= 0.6 is 11.8 Å². The largest absolute Gasteiger partial charge is 0.361 e. The van der Waals surface area contributed by atoms with Crippen molar-refractivity contribution in [2.75, 3.05) is 0 Å². The number of rotatable bonds is 4. The number of thioether (sulfide) groups is 1. The summed E-state index contributed by atoms with van der Waals surface area (Å²) in [5.74, 6) is 0.835. The van der Waals surface area contributed by atoms with Crippen LogP contribution in [0.4, 0.5) is 5.69 Å². The van der Waals surface area contributed by atoms with E-state index >= 15 is 0 Å². The van der Waals surface area contributed by atoms with Crippen LogP contribution in [0, 0.1) is 10.1 Å². The van der Waals surface area contributed by atoms with Gasteiger partial charge < -0.3 is 4.98 Å². The first-order chi connectivity index (χ1) is 9.74. The summed E-state index contributed by atoms with van der Waals surface area (Å²) >= 11 is 1.67. The molecule has 0 saturated carbocycles. The molecule has 0 saturated heterocycles. The highest BCUT2D eigenvalue weighted by Gasteiger charge is 2.06. The zero-order chi connectivity index (χ0) is 13.9. The molecule has 0 aliphatic heterocycles. The molecule has 0 unspecified atom stereocenters. The Balaban J connectivity index is 1.74. The summed E-state index contributed by atoms with van der Waals surface area (Å²) in [6.45, 7) is 0. The first kappa shape index (κ1) is 12.7. The van der Waals surface area contributed by atoms with Crippen molar-refractivity contribution in [2.24, 2.45) is 0 Å². The fraction of sp³-hybridized carbons (Fsp3) is 0.0667. The van der Waals surface area contributed by atoms with Gasteiger partial charge in [-0.2, -0.15) is 0 Å². The lowest BCUT2D eigenvalue weighted by molar-refractivity contribution is -0.384. The number of non-ortho nitro benzene ring substituents is 1. The Morgan fingerprint density at radius 1 is 1.10 bits per heavy atom. The third-order valence-electron chi connectivity index (χ3n) is 3.12. The maximum atomic E-state index is 10.6. The maximum absolute atomic E-state index is 10.6. The Kier molecular flexibility index (Phi) is 3.43. The number of fused-ring (bicyclic) bond motifs is 1. The van der Waals surface area contributed by atoms with Gasteiger partial charge in [-0.15, -0.1) is 11.8 Å². The highest BCUT2D eigenvalue weighted by Crippen LogP contribution is 2.28. The fourth-order valence-electron chi connectivity index (χ4n) is 2.08. The quantitative estimate of drug-likeness (QED) is 0.439. The second-order valence-corrected chi connectivity index (χ2v) is 5.45. The molecule has 0 aliphatic carbocycles. The third-order valence-corrected chi connectivity index (χ3v) is 4.18. The van der Waals surface area contributed by atoms with Gasteiger partial charge in [-0.25, -0.2) is 0 Å². The van der Waals surface area contributed by atoms with E-state index in [2.05, 4.69) is 17.1 Å². The molecule has 0 bridgehead atoms. The zero-order valence-electron chi connectivity index (χ0n) is 10.6. The summed E-state index contributed by atoms with van der Waals surface area (Å²) in [5.41, 5.74) is 2.50. The van der Waals surface area contributed by atoms with Crippen molar-refractivity contribution in [1.29, 1.82) is 0 Å². The van der Waals surface area contributed by atoms with Gasteiger partial charge in [-0.1, -0.05) is 18.2 Å². The minimum atomic E-state index is -0.381. The molecule has 1 N–H and O–H groups in total. The number of nitro benzene ring substituents is 1. The summed E-state index contributed by atoms with van der Waals surface area (Å²) in [6.07, 6.45) is 2.02. The lowest BCUT2D eigenvalue weighted by atomic mass is 10.2. The molecule has 3 rings (SSSR count). The molecule has 0 radical (unpaired) electrons. The Labute approximate surface area is 120 Å². The van der Waals surface area contributed by atoms with Gasteiger partial charge in [0.25, 0.3) is 5.69 Å². The van der Waals surface area contributed by atoms with Crippen molar-refractivity contribution in [1.82, 2.24) is 4.98 Å². The number of H-pyrrole nitrogens is 1. The Morgan fingerprint density at radius 3 is 2.60 bits per heavy atom. The molecular weight excluding hydrogens is 272 g/mol. The van der Waals surface area contributed by atoms with Crippen molar-refractivity contribution in [3.8, 4) is 0 Å². The minimum absolute atomic E-state index is 0.126. The molecule has 0 fully saturated rings. The molecule has 3 aromatic rings. The van der Waals surface area contributed by atoms with Crippen LogP contribution in [0.1, 0.15) is 5.56 Å². The van der Waals surface area contributed by atoms with Crippen LogP contribution in [0.3, 0.4) is 0 Å². The molecule has 0 amide bonds. The number of para-hydroxylation sites is 1. The molecule has 20 heavy (non-hydrogen) atoms. The second kappa shape index (κ2) is 5.38. The van der Waals surface area contributed by atoms with Crippen LogP contribution in [0.5, 0.6) is 0 Å². The van der Waals surface area contributed by atoms with E-state index in [9.17, 15) is 10.1 Å². The van der Waals surface area contributed by atoms with E-state index in [1.807, 2.05) is 18.3 Å². The van der Waals surface area contributed by atoms with Crippen LogP contribution < -0.4 is 0 Å². The smallest absolute Gasteiger partial charge is 0.269 e. The van der Waals surface area contributed by atoms with Gasteiger partial charge in [0.2, 0.25) is 0 Å². The van der Waals surface area contributed by atoms with Crippen molar-refractivity contribution in [2.45, 2.75) is 10.6 Å². The number of nitro groups is 1. The first-order valence-corrected chi connectivity index (χ1v) is 7.15. The molecule has 0 spiro atoms. The zero-order valence-corrected chi connectivity index (χ0v) is 11.4. The van der Waals surface area contributed by atoms with Crippen LogP contribution in [0.15, 0.2) is 59.6 Å². The van der Waals surface area contributed by atoms with Gasteiger partial charge in [0.05, 0.1) is 4.92 Å². The Morgan fingerprint density at radius 2 is 1.85 bits per heavy atom. The summed E-state index contributed by atoms with van der Waals surface area (Å²) in [6, 6.07) is 14.8. The predicted molar refractivity (Wildman–Crippen MR) is 81.0 cm³/mol. The number of aromatic amines is 1. The average molecular weight is 284 g/mol. The monoisotopic (exact) mass is 284 g/mol. The van der Waals surface area contributed by atoms with Crippen LogP contribution in [0.2, 0.25) is 0 Å². The van der Waals surface area contributed by atoms with Gasteiger partial charge in [-0.3, -0.25) is 10.1 Å². The van der Waals surface area contributed by atoms with E-state index in [-0.39, 0.29) is 10.6 Å². The van der Waals surface area contributed by atoms with E-state index in [4.69, 9.17) is 0 Å². The molecular formula is C15H12N2O2S. The summed E-state index contributed by atoms with van der Waals surface area (Å²) < 4.78 is 0. The molecule has 1 heterocycles. The number of benzene rings is 2. The van der Waals surface area contributed by atoms with Crippen LogP contribution in [-0.4, -0.2) is 9.91 Å². The molecule has 5 heteroatoms. The van der Waals surface area contributed by atoms with Crippen LogP contribution in [-0.2, 0) is 5.75 Å². The lowest BCUT2D eigenvalue weighted by Crippen LogP contribution is -1.86. The van der Waals surface area contributed by atoms with E-state index in [0.717, 1.165) is 16.2 Å². The molecule has 100 valence electrons. The first-order valence-electron chi connectivity index (χ1n) is 6.16. The van der Waals surface area contributed by atoms with E-state index < -0.39 is 0 Å². The van der Waals surface area contributed by atoms with Crippen molar-refractivity contribution in [3.63, 3.8) is 0 Å². The Hall–Kier alpha value is -2.27. The molecule has 4 nitrogen and oxygen atoms in total. The van der Waals surface area contributed by atoms with Gasteiger partial charge in [0.1, 0.15) is 0 Å². The van der Waals surface area contributed by atoms with Gasteiger partial charge in [0.15, 0.2) is 0 Å². The summed E-state index contributed by atoms with van der Waals surface area (Å²) in [7, 11) is 0. The highest BCUT2D eigenvalue weighted by atomic mass is 32.2. The van der Waals surface area contributed by atoms with Crippen molar-refractivity contribution < 1.29 is 4.92 Å². The average Bonchev–Trinajstić information content (AvgIpc) is 2.89. The van der Waals surface area contributed by atoms with Crippen molar-refractivity contribution in [3.05, 3.63) is 70.4 Å². The van der Waals surface area contributed by atoms with E-state index in [1.54, 1.807) is 23.9 Å². The number of nitrogens with one attached hydrogen (secondary N) is 1. The standard InChI is InChI=1S/C15H12N2O2S/c18-17(19)12-5-7-13(8-6-12)20-10-11-9-16-15-4-2-1-3-14(11)15/h1-9,16H,10H2. The predicted octanol–water partition coefficient (Wildman–Crippen LogP) is 4.37. The van der Waals surface area contributed by atoms with Gasteiger partial charge >= 0.3 is 0 Å². The summed E-state index contributed by atoms with van der Waals surface area (Å²) in [4.78, 5) is 14.5. The second-order valence-electron chi connectivity index (χ2n) is 4.40. The number of hydrogen-bond acceptors (Lipinski definition) is 3. The normalized spacial score (nSPS) is 10.8. The molecule has 0 aliphatic rings. The van der Waals surface area contributed by atoms with Gasteiger partial charge in [0, 0.05) is 39.9 Å². The topological polar surface area (TPSA) is 58.9 Å². The maximum Gasteiger partial charge on any atom is 0.269 e. The fourth-order valence-corrected chi connectivity index (χ4v) is 2.97. The third kappa shape index (κ3) is 2.53. The highest BCUT2D eigenvalue weighted by molar-refractivity contribution is 7.98. The SMILES string of the molecule is O=[N+]([O-])c1ccc(SCc2c[nH]c3ccccc23)cc1. The number of nitrogens with zero attached hydrogens (tertiary/aromatic N) is 1. The number of hydrogen-bond donors (Lipinski definition) is 1.